The van der Waals surface area contributed by atoms with Crippen LogP contribution in [0.1, 0.15) is 88.7 Å². The fourth-order valence-corrected chi connectivity index (χ4v) is 8.01. The van der Waals surface area contributed by atoms with E-state index >= 15 is 0 Å². The fourth-order valence-electron chi connectivity index (χ4n) is 5.82. The molecule has 40 heavy (non-hydrogen) atoms. The summed E-state index contributed by atoms with van der Waals surface area (Å²) >= 11 is 3.41. The van der Waals surface area contributed by atoms with Crippen LogP contribution in [0.2, 0.25) is 0 Å². The summed E-state index contributed by atoms with van der Waals surface area (Å²) in [4.78, 5) is 14.8. The number of rotatable bonds is 13. The fraction of sp³-hybridized carbons (Fsp3) is 0.581. The number of likely N-dealkylation sites (N-methyl/N-ethyl adjacent to an activating group) is 1. The molecule has 0 aliphatic carbocycles. The van der Waals surface area contributed by atoms with Crippen molar-refractivity contribution in [3.05, 3.63) is 53.6 Å². The molecule has 0 radical (unpaired) electrons. The lowest BCUT2D eigenvalue weighted by atomic mass is 9.72. The van der Waals surface area contributed by atoms with E-state index in [9.17, 15) is 18.3 Å². The summed E-state index contributed by atoms with van der Waals surface area (Å²) in [5.74, 6) is -0.661. The summed E-state index contributed by atoms with van der Waals surface area (Å²) in [6.45, 7) is 4.18. The number of benzene rings is 2. The third-order valence-electron chi connectivity index (χ3n) is 8.22. The molecule has 3 rings (SSSR count). The van der Waals surface area contributed by atoms with Crippen molar-refractivity contribution in [2.45, 2.75) is 94.1 Å². The van der Waals surface area contributed by atoms with Crippen LogP contribution in [0.15, 0.2) is 47.4 Å². The van der Waals surface area contributed by atoms with Crippen LogP contribution in [0.3, 0.4) is 0 Å². The lowest BCUT2D eigenvalue weighted by Gasteiger charge is -2.45. The van der Waals surface area contributed by atoms with Crippen molar-refractivity contribution in [3.8, 4) is 0 Å². The van der Waals surface area contributed by atoms with Gasteiger partial charge in [-0.3, -0.25) is 4.79 Å². The average molecular weight is 637 g/mol. The first kappa shape index (κ1) is 32.6. The number of nitrogens with one attached hydrogen (secondary N) is 1. The van der Waals surface area contributed by atoms with Gasteiger partial charge in [-0.2, -0.15) is 4.31 Å². The molecule has 0 aromatic heterocycles. The molecular formula is C31H46BrN3O4S. The maximum atomic E-state index is 14.2. The van der Waals surface area contributed by atoms with Crippen molar-refractivity contribution in [2.24, 2.45) is 0 Å². The van der Waals surface area contributed by atoms with Gasteiger partial charge in [-0.1, -0.05) is 67.6 Å². The maximum Gasteiger partial charge on any atom is 0.243 e. The molecule has 0 fully saturated rings. The minimum absolute atomic E-state index is 0.0580. The van der Waals surface area contributed by atoms with Gasteiger partial charge >= 0.3 is 0 Å². The van der Waals surface area contributed by atoms with Crippen LogP contribution in [-0.2, 0) is 14.8 Å². The Morgan fingerprint density at radius 1 is 1.05 bits per heavy atom. The van der Waals surface area contributed by atoms with Crippen LogP contribution in [0.4, 0.5) is 11.4 Å². The number of carbonyl (C=O) groups excluding carboxylic acids is 1. The lowest BCUT2D eigenvalue weighted by Crippen LogP contribution is -2.57. The van der Waals surface area contributed by atoms with Gasteiger partial charge in [0.2, 0.25) is 15.9 Å². The summed E-state index contributed by atoms with van der Waals surface area (Å²) in [6, 6.07) is 12.9. The second-order valence-electron chi connectivity index (χ2n) is 11.1. The van der Waals surface area contributed by atoms with Gasteiger partial charge in [0.1, 0.15) is 0 Å². The van der Waals surface area contributed by atoms with E-state index in [-0.39, 0.29) is 10.8 Å². The number of unbranched alkanes of at least 4 members (excludes halogenated alkanes) is 3. The van der Waals surface area contributed by atoms with Gasteiger partial charge < -0.3 is 15.3 Å². The SMILES string of the molecule is CCCCC1(CCCC)C(O)C(c2cccc(NC(=O)CCCCBr)c2)c2cc(N(C)C)ccc2S(=O)(=O)N1C. The Morgan fingerprint density at radius 2 is 1.73 bits per heavy atom. The van der Waals surface area contributed by atoms with E-state index in [0.717, 1.165) is 55.1 Å². The van der Waals surface area contributed by atoms with Crippen LogP contribution >= 0.6 is 15.9 Å². The Hall–Kier alpha value is -1.94. The smallest absolute Gasteiger partial charge is 0.243 e. The number of anilines is 2. The van der Waals surface area contributed by atoms with E-state index in [2.05, 4.69) is 35.1 Å². The van der Waals surface area contributed by atoms with Crippen molar-refractivity contribution in [3.63, 3.8) is 0 Å². The Labute approximate surface area is 249 Å². The Bertz CT molecular complexity index is 1240. The van der Waals surface area contributed by atoms with Gasteiger partial charge in [0, 0.05) is 50.2 Å². The molecule has 2 atom stereocenters. The zero-order valence-corrected chi connectivity index (χ0v) is 27.0. The molecule has 9 heteroatoms. The number of halogens is 1. The van der Waals surface area contributed by atoms with Crippen LogP contribution in [0.5, 0.6) is 0 Å². The highest BCUT2D eigenvalue weighted by molar-refractivity contribution is 9.09. The quantitative estimate of drug-likeness (QED) is 0.194. The molecule has 7 nitrogen and oxygen atoms in total. The maximum absolute atomic E-state index is 14.2. The number of hydrogen-bond acceptors (Lipinski definition) is 5. The number of hydrogen-bond donors (Lipinski definition) is 2. The number of nitrogens with zero attached hydrogens (tertiary/aromatic N) is 2. The van der Waals surface area contributed by atoms with E-state index in [1.54, 1.807) is 13.1 Å². The van der Waals surface area contributed by atoms with Crippen molar-refractivity contribution >= 4 is 43.2 Å². The molecule has 2 aromatic rings. The normalized spacial score (nSPS) is 20.0. The van der Waals surface area contributed by atoms with E-state index in [4.69, 9.17) is 0 Å². The van der Waals surface area contributed by atoms with Crippen LogP contribution in [-0.4, -0.2) is 61.9 Å². The Kier molecular flexibility index (Phi) is 11.6. The van der Waals surface area contributed by atoms with Crippen molar-refractivity contribution in [1.29, 1.82) is 0 Å². The van der Waals surface area contributed by atoms with Crippen molar-refractivity contribution in [1.82, 2.24) is 4.31 Å². The van der Waals surface area contributed by atoms with Crippen LogP contribution in [0.25, 0.3) is 0 Å². The first-order chi connectivity index (χ1) is 19.0. The highest BCUT2D eigenvalue weighted by atomic mass is 79.9. The summed E-state index contributed by atoms with van der Waals surface area (Å²) in [7, 11) is 1.58. The molecule has 1 heterocycles. The zero-order valence-electron chi connectivity index (χ0n) is 24.6. The molecular weight excluding hydrogens is 590 g/mol. The highest BCUT2D eigenvalue weighted by Gasteiger charge is 2.53. The van der Waals surface area contributed by atoms with Crippen LogP contribution < -0.4 is 10.2 Å². The third kappa shape index (κ3) is 6.92. The molecule has 1 aliphatic rings. The van der Waals surface area contributed by atoms with Crippen molar-refractivity contribution in [2.75, 3.05) is 36.7 Å². The van der Waals surface area contributed by atoms with E-state index < -0.39 is 27.6 Å². The average Bonchev–Trinajstić information content (AvgIpc) is 2.97. The summed E-state index contributed by atoms with van der Waals surface area (Å²) < 4.78 is 30.0. The lowest BCUT2D eigenvalue weighted by molar-refractivity contribution is -0.116. The first-order valence-electron chi connectivity index (χ1n) is 14.5. The zero-order chi connectivity index (χ0) is 29.5. The first-order valence-corrected chi connectivity index (χ1v) is 17.0. The third-order valence-corrected chi connectivity index (χ3v) is 10.8. The van der Waals surface area contributed by atoms with E-state index in [1.807, 2.05) is 55.4 Å². The number of carbonyl (C=O) groups is 1. The molecule has 0 bridgehead atoms. The number of alkyl halides is 1. The summed E-state index contributed by atoms with van der Waals surface area (Å²) in [5, 5.41) is 16.3. The molecule has 0 spiro atoms. The largest absolute Gasteiger partial charge is 0.390 e. The molecule has 0 saturated carbocycles. The van der Waals surface area contributed by atoms with Gasteiger partial charge in [0.05, 0.1) is 16.5 Å². The molecule has 2 aromatic carbocycles. The second kappa shape index (κ2) is 14.3. The number of amides is 1. The number of fused-ring (bicyclic) bond motifs is 1. The van der Waals surface area contributed by atoms with Gasteiger partial charge in [-0.25, -0.2) is 8.42 Å². The molecule has 0 saturated heterocycles. The standard InChI is InChI=1S/C31H46BrN3O4S/c1-6-8-18-31(19-9-7-2)30(37)29(23-13-12-14-24(21-23)33-28(36)15-10-11-20-32)26-22-25(34(3)4)16-17-27(26)40(38,39)35(31)5/h12-14,16-17,21-22,29-30,37H,6-11,15,18-20H2,1-5H3,(H,33,36). The molecule has 1 aliphatic heterocycles. The Morgan fingerprint density at radius 3 is 2.33 bits per heavy atom. The Balaban J connectivity index is 2.23. The summed E-state index contributed by atoms with van der Waals surface area (Å²) in [5.41, 5.74) is 1.90. The topological polar surface area (TPSA) is 90.0 Å². The van der Waals surface area contributed by atoms with Gasteiger partial charge in [-0.15, -0.1) is 0 Å². The minimum atomic E-state index is -3.90. The molecule has 2 N–H and O–H groups in total. The molecule has 2 unspecified atom stereocenters. The van der Waals surface area contributed by atoms with Gasteiger partial charge in [0.15, 0.2) is 0 Å². The molecule has 1 amide bonds. The van der Waals surface area contributed by atoms with Crippen LogP contribution in [0, 0.1) is 0 Å². The highest BCUT2D eigenvalue weighted by Crippen LogP contribution is 2.48. The van der Waals surface area contributed by atoms with Gasteiger partial charge in [-0.05, 0) is 67.1 Å². The summed E-state index contributed by atoms with van der Waals surface area (Å²) in [6.07, 6.45) is 5.68. The molecule has 222 valence electrons. The van der Waals surface area contributed by atoms with Crippen molar-refractivity contribution < 1.29 is 18.3 Å². The monoisotopic (exact) mass is 635 g/mol. The predicted molar refractivity (Wildman–Crippen MR) is 168 cm³/mol. The number of sulfonamides is 1. The van der Waals surface area contributed by atoms with E-state index in [1.165, 1.54) is 4.31 Å². The van der Waals surface area contributed by atoms with E-state index in [0.29, 0.717) is 30.5 Å². The predicted octanol–water partition coefficient (Wildman–Crippen LogP) is 6.50. The number of aliphatic hydroxyl groups excluding tert-OH is 1. The second-order valence-corrected chi connectivity index (χ2v) is 13.9. The van der Waals surface area contributed by atoms with Gasteiger partial charge in [0.25, 0.3) is 0 Å². The number of aliphatic hydroxyl groups is 1. The minimum Gasteiger partial charge on any atom is -0.390 e.